The molecule has 3 aromatic heterocycles. The second-order valence-electron chi connectivity index (χ2n) is 6.28. The molecule has 148 valence electrons. The fourth-order valence-electron chi connectivity index (χ4n) is 3.05. The van der Waals surface area contributed by atoms with Gasteiger partial charge < -0.3 is 5.32 Å². The van der Waals surface area contributed by atoms with E-state index in [-0.39, 0.29) is 4.90 Å². The van der Waals surface area contributed by atoms with Gasteiger partial charge in [-0.05, 0) is 37.3 Å². The summed E-state index contributed by atoms with van der Waals surface area (Å²) in [6.07, 6.45) is 4.79. The molecule has 0 bridgehead atoms. The summed E-state index contributed by atoms with van der Waals surface area (Å²) < 4.78 is 29.1. The number of aromatic nitrogens is 4. The van der Waals surface area contributed by atoms with E-state index in [2.05, 4.69) is 20.4 Å². The molecule has 8 nitrogen and oxygen atoms in total. The Balaban J connectivity index is 1.52. The van der Waals surface area contributed by atoms with Crippen LogP contribution >= 0.6 is 0 Å². The molecular formula is C20H20N6O2S. The van der Waals surface area contributed by atoms with Crippen molar-refractivity contribution < 1.29 is 8.42 Å². The van der Waals surface area contributed by atoms with Gasteiger partial charge in [0.15, 0.2) is 5.65 Å². The van der Waals surface area contributed by atoms with Gasteiger partial charge in [0, 0.05) is 25.0 Å². The number of anilines is 2. The minimum atomic E-state index is -3.69. The third-order valence-corrected chi connectivity index (χ3v) is 6.36. The molecule has 0 aliphatic heterocycles. The lowest BCUT2D eigenvalue weighted by Crippen LogP contribution is -2.30. The first kappa shape index (κ1) is 18.9. The molecule has 1 aromatic carbocycles. The Labute approximate surface area is 168 Å². The number of pyridine rings is 1. The van der Waals surface area contributed by atoms with Crippen LogP contribution < -0.4 is 9.62 Å². The van der Waals surface area contributed by atoms with Crippen LogP contribution in [0.4, 0.5) is 11.5 Å². The van der Waals surface area contributed by atoms with Crippen LogP contribution in [-0.2, 0) is 16.6 Å². The van der Waals surface area contributed by atoms with Gasteiger partial charge in [-0.1, -0.05) is 18.2 Å². The Kier molecular flexibility index (Phi) is 5.13. The zero-order chi connectivity index (χ0) is 20.3. The van der Waals surface area contributed by atoms with Gasteiger partial charge >= 0.3 is 0 Å². The van der Waals surface area contributed by atoms with Gasteiger partial charge in [0.05, 0.1) is 24.1 Å². The largest absolute Gasteiger partial charge is 0.364 e. The van der Waals surface area contributed by atoms with Crippen LogP contribution in [0, 0.1) is 0 Å². The van der Waals surface area contributed by atoms with Crippen LogP contribution in [-0.4, -0.2) is 34.5 Å². The summed E-state index contributed by atoms with van der Waals surface area (Å²) in [6.45, 7) is 2.61. The van der Waals surface area contributed by atoms with Gasteiger partial charge in [-0.2, -0.15) is 5.10 Å². The highest BCUT2D eigenvalue weighted by molar-refractivity contribution is 7.92. The molecule has 0 saturated carbocycles. The first-order valence-corrected chi connectivity index (χ1v) is 10.6. The second-order valence-corrected chi connectivity index (χ2v) is 8.14. The topological polar surface area (TPSA) is 92.5 Å². The summed E-state index contributed by atoms with van der Waals surface area (Å²) >= 11 is 0. The predicted molar refractivity (Wildman–Crippen MR) is 111 cm³/mol. The minimum absolute atomic E-state index is 0.145. The zero-order valence-electron chi connectivity index (χ0n) is 15.8. The average molecular weight is 408 g/mol. The molecule has 0 amide bonds. The number of hydrogen-bond donors (Lipinski definition) is 1. The summed E-state index contributed by atoms with van der Waals surface area (Å²) in [5, 5.41) is 7.43. The molecule has 9 heteroatoms. The van der Waals surface area contributed by atoms with E-state index in [1.165, 1.54) is 10.5 Å². The van der Waals surface area contributed by atoms with Crippen molar-refractivity contribution in [2.45, 2.75) is 18.4 Å². The predicted octanol–water partition coefficient (Wildman–Crippen LogP) is 2.95. The number of rotatable bonds is 7. The standard InChI is InChI=1S/C20H20N6O2S/c1-2-25(16-6-4-3-5-7-16)29(27,28)18-8-9-19(23-15-18)22-14-17-10-12-21-20-11-13-24-26(17)20/h3-13,15H,2,14H2,1H3,(H,22,23). The number of fused-ring (bicyclic) bond motifs is 1. The molecule has 1 N–H and O–H groups in total. The number of para-hydroxylation sites is 1. The van der Waals surface area contributed by atoms with Crippen LogP contribution in [0.1, 0.15) is 12.6 Å². The quantitative estimate of drug-likeness (QED) is 0.505. The van der Waals surface area contributed by atoms with Crippen LogP contribution in [0.3, 0.4) is 0 Å². The fourth-order valence-corrected chi connectivity index (χ4v) is 4.47. The van der Waals surface area contributed by atoms with Crippen molar-refractivity contribution in [1.29, 1.82) is 0 Å². The maximum Gasteiger partial charge on any atom is 0.265 e. The van der Waals surface area contributed by atoms with Crippen molar-refractivity contribution in [2.75, 3.05) is 16.2 Å². The SMILES string of the molecule is CCN(c1ccccc1)S(=O)(=O)c1ccc(NCc2ccnc3ccnn23)nc1. The highest BCUT2D eigenvalue weighted by atomic mass is 32.2. The van der Waals surface area contributed by atoms with Gasteiger partial charge in [0.1, 0.15) is 10.7 Å². The Morgan fingerprint density at radius 3 is 2.55 bits per heavy atom. The molecule has 3 heterocycles. The van der Waals surface area contributed by atoms with E-state index in [0.717, 1.165) is 11.3 Å². The van der Waals surface area contributed by atoms with Crippen molar-refractivity contribution in [3.05, 3.63) is 78.9 Å². The molecule has 0 atom stereocenters. The Bertz CT molecular complexity index is 1210. The molecule has 0 saturated heterocycles. The van der Waals surface area contributed by atoms with Crippen molar-refractivity contribution in [3.63, 3.8) is 0 Å². The third-order valence-electron chi connectivity index (χ3n) is 4.47. The molecular weight excluding hydrogens is 388 g/mol. The second kappa shape index (κ2) is 7.88. The van der Waals surface area contributed by atoms with E-state index in [1.807, 2.05) is 30.3 Å². The third kappa shape index (κ3) is 3.77. The number of nitrogens with zero attached hydrogens (tertiary/aromatic N) is 5. The summed E-state index contributed by atoms with van der Waals surface area (Å²) in [5.41, 5.74) is 2.30. The molecule has 4 rings (SSSR count). The van der Waals surface area contributed by atoms with E-state index in [0.29, 0.717) is 24.6 Å². The molecule has 0 aliphatic rings. The molecule has 0 unspecified atom stereocenters. The number of hydrogen-bond acceptors (Lipinski definition) is 6. The lowest BCUT2D eigenvalue weighted by molar-refractivity contribution is 0.591. The summed E-state index contributed by atoms with van der Waals surface area (Å²) in [4.78, 5) is 8.65. The van der Waals surface area contributed by atoms with Gasteiger partial charge in [-0.15, -0.1) is 0 Å². The molecule has 0 spiro atoms. The first-order valence-electron chi connectivity index (χ1n) is 9.15. The Morgan fingerprint density at radius 2 is 1.83 bits per heavy atom. The smallest absolute Gasteiger partial charge is 0.265 e. The highest BCUT2D eigenvalue weighted by Gasteiger charge is 2.23. The van der Waals surface area contributed by atoms with Gasteiger partial charge in [-0.3, -0.25) is 4.31 Å². The lowest BCUT2D eigenvalue weighted by atomic mass is 10.3. The zero-order valence-corrected chi connectivity index (χ0v) is 16.6. The van der Waals surface area contributed by atoms with Gasteiger partial charge in [0.25, 0.3) is 10.0 Å². The molecule has 0 radical (unpaired) electrons. The molecule has 29 heavy (non-hydrogen) atoms. The highest BCUT2D eigenvalue weighted by Crippen LogP contribution is 2.23. The maximum absolute atomic E-state index is 13.0. The van der Waals surface area contributed by atoms with Crippen molar-refractivity contribution in [3.8, 4) is 0 Å². The number of sulfonamides is 1. The van der Waals surface area contributed by atoms with E-state index in [9.17, 15) is 8.42 Å². The lowest BCUT2D eigenvalue weighted by Gasteiger charge is -2.22. The van der Waals surface area contributed by atoms with Crippen molar-refractivity contribution >= 4 is 27.2 Å². The van der Waals surface area contributed by atoms with E-state index in [1.54, 1.807) is 48.1 Å². The van der Waals surface area contributed by atoms with E-state index in [4.69, 9.17) is 0 Å². The minimum Gasteiger partial charge on any atom is -0.364 e. The molecule has 4 aromatic rings. The molecule has 0 aliphatic carbocycles. The van der Waals surface area contributed by atoms with Crippen molar-refractivity contribution in [2.24, 2.45) is 0 Å². The van der Waals surface area contributed by atoms with Crippen LogP contribution in [0.2, 0.25) is 0 Å². The normalized spacial score (nSPS) is 11.5. The Hall–Kier alpha value is -3.46. The first-order chi connectivity index (χ1) is 14.1. The van der Waals surface area contributed by atoms with E-state index >= 15 is 0 Å². The monoisotopic (exact) mass is 408 g/mol. The maximum atomic E-state index is 13.0. The van der Waals surface area contributed by atoms with Crippen LogP contribution in [0.25, 0.3) is 5.65 Å². The fraction of sp³-hybridized carbons (Fsp3) is 0.150. The summed E-state index contributed by atoms with van der Waals surface area (Å²) in [7, 11) is -3.69. The Morgan fingerprint density at radius 1 is 1.00 bits per heavy atom. The van der Waals surface area contributed by atoms with Crippen LogP contribution in [0.15, 0.2) is 78.1 Å². The summed E-state index contributed by atoms with van der Waals surface area (Å²) in [5.74, 6) is 0.573. The van der Waals surface area contributed by atoms with Gasteiger partial charge in [-0.25, -0.2) is 22.9 Å². The van der Waals surface area contributed by atoms with Crippen molar-refractivity contribution in [1.82, 2.24) is 19.6 Å². The van der Waals surface area contributed by atoms with Gasteiger partial charge in [0.2, 0.25) is 0 Å². The van der Waals surface area contributed by atoms with Crippen LogP contribution in [0.5, 0.6) is 0 Å². The number of benzene rings is 1. The average Bonchev–Trinajstić information content (AvgIpc) is 3.23. The molecule has 0 fully saturated rings. The number of nitrogens with one attached hydrogen (secondary N) is 1. The van der Waals surface area contributed by atoms with E-state index < -0.39 is 10.0 Å². The summed E-state index contributed by atoms with van der Waals surface area (Å²) in [6, 6.07) is 15.9.